The van der Waals surface area contributed by atoms with Gasteiger partial charge in [-0.15, -0.1) is 0 Å². The summed E-state index contributed by atoms with van der Waals surface area (Å²) in [5.74, 6) is 1.55. The fourth-order valence-electron chi connectivity index (χ4n) is 2.64. The maximum atomic E-state index is 5.69. The Bertz CT molecular complexity index is 524. The summed E-state index contributed by atoms with van der Waals surface area (Å²) in [7, 11) is 0. The van der Waals surface area contributed by atoms with Gasteiger partial charge in [0.2, 0.25) is 0 Å². The molecular formula is C16H21N3O. The summed E-state index contributed by atoms with van der Waals surface area (Å²) in [6, 6.07) is 8.35. The topological polar surface area (TPSA) is 39.1 Å². The van der Waals surface area contributed by atoms with Crippen LogP contribution in [-0.2, 0) is 6.54 Å². The van der Waals surface area contributed by atoms with E-state index in [9.17, 15) is 0 Å². The van der Waals surface area contributed by atoms with Gasteiger partial charge < -0.3 is 14.6 Å². The van der Waals surface area contributed by atoms with Gasteiger partial charge in [0.15, 0.2) is 0 Å². The number of unbranched alkanes of at least 4 members (excludes halogenated alkanes) is 1. The Labute approximate surface area is 119 Å². The van der Waals surface area contributed by atoms with Crippen LogP contribution in [0.4, 0.5) is 0 Å². The first kappa shape index (κ1) is 13.2. The van der Waals surface area contributed by atoms with Crippen LogP contribution in [0.5, 0.6) is 5.75 Å². The van der Waals surface area contributed by atoms with Gasteiger partial charge in [-0.25, -0.2) is 4.98 Å². The molecule has 1 aromatic heterocycles. The van der Waals surface area contributed by atoms with E-state index in [1.807, 2.05) is 24.8 Å². The number of fused-ring (bicyclic) bond motifs is 1. The van der Waals surface area contributed by atoms with Crippen molar-refractivity contribution in [3.63, 3.8) is 0 Å². The highest BCUT2D eigenvalue weighted by atomic mass is 16.5. The minimum Gasteiger partial charge on any atom is -0.493 e. The van der Waals surface area contributed by atoms with Gasteiger partial charge in [-0.1, -0.05) is 18.2 Å². The third-order valence-corrected chi connectivity index (χ3v) is 3.77. The highest BCUT2D eigenvalue weighted by molar-refractivity contribution is 5.39. The van der Waals surface area contributed by atoms with Gasteiger partial charge in [0.05, 0.1) is 12.9 Å². The van der Waals surface area contributed by atoms with E-state index >= 15 is 0 Å². The van der Waals surface area contributed by atoms with Crippen molar-refractivity contribution in [2.45, 2.75) is 25.3 Å². The SMILES string of the molecule is c1ccc2c(c1)OCC2CNCCCCn1ccnc1. The van der Waals surface area contributed by atoms with E-state index in [0.29, 0.717) is 5.92 Å². The predicted octanol–water partition coefficient (Wildman–Crippen LogP) is 2.43. The standard InChI is InChI=1S/C16H21N3O/c1-2-6-16-15(5-1)14(12-20-16)11-17-7-3-4-9-19-10-8-18-13-19/h1-2,5-6,8,10,13-14,17H,3-4,7,9,11-12H2. The number of hydrogen-bond donors (Lipinski definition) is 1. The van der Waals surface area contributed by atoms with Crippen molar-refractivity contribution in [3.8, 4) is 5.75 Å². The Morgan fingerprint density at radius 1 is 1.30 bits per heavy atom. The molecule has 1 aromatic carbocycles. The quantitative estimate of drug-likeness (QED) is 0.786. The molecule has 4 heteroatoms. The molecule has 4 nitrogen and oxygen atoms in total. The lowest BCUT2D eigenvalue weighted by molar-refractivity contribution is 0.326. The number of aryl methyl sites for hydroxylation is 1. The van der Waals surface area contributed by atoms with Gasteiger partial charge in [-0.05, 0) is 25.5 Å². The number of ether oxygens (including phenoxy) is 1. The molecule has 2 aromatic rings. The zero-order valence-electron chi connectivity index (χ0n) is 11.7. The minimum absolute atomic E-state index is 0.500. The molecule has 3 rings (SSSR count). The van der Waals surface area contributed by atoms with Gasteiger partial charge in [-0.2, -0.15) is 0 Å². The third-order valence-electron chi connectivity index (χ3n) is 3.77. The van der Waals surface area contributed by atoms with Crippen LogP contribution in [0.25, 0.3) is 0 Å². The Morgan fingerprint density at radius 2 is 2.25 bits per heavy atom. The number of benzene rings is 1. The first-order valence-electron chi connectivity index (χ1n) is 7.31. The second kappa shape index (κ2) is 6.57. The summed E-state index contributed by atoms with van der Waals surface area (Å²) in [5.41, 5.74) is 1.35. The molecule has 106 valence electrons. The molecule has 0 saturated heterocycles. The Morgan fingerprint density at radius 3 is 3.15 bits per heavy atom. The number of imidazole rings is 1. The Balaban J connectivity index is 1.33. The van der Waals surface area contributed by atoms with E-state index in [2.05, 4.69) is 33.1 Å². The van der Waals surface area contributed by atoms with Crippen molar-refractivity contribution in [1.29, 1.82) is 0 Å². The molecule has 2 heterocycles. The molecule has 0 bridgehead atoms. The molecular weight excluding hydrogens is 250 g/mol. The predicted molar refractivity (Wildman–Crippen MR) is 79.0 cm³/mol. The smallest absolute Gasteiger partial charge is 0.122 e. The van der Waals surface area contributed by atoms with Crippen LogP contribution in [0.15, 0.2) is 43.0 Å². The van der Waals surface area contributed by atoms with Gasteiger partial charge in [0, 0.05) is 37.0 Å². The molecule has 1 unspecified atom stereocenters. The van der Waals surface area contributed by atoms with Crippen LogP contribution < -0.4 is 10.1 Å². The molecule has 1 aliphatic heterocycles. The third kappa shape index (κ3) is 3.20. The van der Waals surface area contributed by atoms with E-state index in [1.165, 1.54) is 18.4 Å². The van der Waals surface area contributed by atoms with Crippen LogP contribution in [-0.4, -0.2) is 29.2 Å². The fourth-order valence-corrected chi connectivity index (χ4v) is 2.64. The molecule has 0 spiro atoms. The van der Waals surface area contributed by atoms with Gasteiger partial charge in [0.25, 0.3) is 0 Å². The van der Waals surface area contributed by atoms with Gasteiger partial charge in [0.1, 0.15) is 5.75 Å². The number of para-hydroxylation sites is 1. The van der Waals surface area contributed by atoms with Crippen molar-refractivity contribution < 1.29 is 4.74 Å². The summed E-state index contributed by atoms with van der Waals surface area (Å²) >= 11 is 0. The Kier molecular flexibility index (Phi) is 4.33. The molecule has 1 atom stereocenters. The zero-order chi connectivity index (χ0) is 13.6. The van der Waals surface area contributed by atoms with Gasteiger partial charge >= 0.3 is 0 Å². The molecule has 20 heavy (non-hydrogen) atoms. The Hall–Kier alpha value is -1.81. The van der Waals surface area contributed by atoms with E-state index in [-0.39, 0.29) is 0 Å². The highest BCUT2D eigenvalue weighted by Crippen LogP contribution is 2.32. The summed E-state index contributed by atoms with van der Waals surface area (Å²) in [6.07, 6.45) is 8.09. The minimum atomic E-state index is 0.500. The first-order chi connectivity index (χ1) is 9.93. The molecule has 0 saturated carbocycles. The number of hydrogen-bond acceptors (Lipinski definition) is 3. The highest BCUT2D eigenvalue weighted by Gasteiger charge is 2.22. The van der Waals surface area contributed by atoms with Crippen LogP contribution in [0, 0.1) is 0 Å². The molecule has 0 fully saturated rings. The lowest BCUT2D eigenvalue weighted by Gasteiger charge is -2.10. The largest absolute Gasteiger partial charge is 0.493 e. The number of aromatic nitrogens is 2. The fraction of sp³-hybridized carbons (Fsp3) is 0.438. The van der Waals surface area contributed by atoms with Crippen LogP contribution in [0.1, 0.15) is 24.3 Å². The monoisotopic (exact) mass is 271 g/mol. The van der Waals surface area contributed by atoms with Crippen molar-refractivity contribution in [2.75, 3.05) is 19.7 Å². The van der Waals surface area contributed by atoms with E-state index in [4.69, 9.17) is 4.74 Å². The number of nitrogens with one attached hydrogen (secondary N) is 1. The second-order valence-corrected chi connectivity index (χ2v) is 5.26. The summed E-state index contributed by atoms with van der Waals surface area (Å²) in [4.78, 5) is 4.04. The molecule has 0 amide bonds. The molecule has 1 N–H and O–H groups in total. The first-order valence-corrected chi connectivity index (χ1v) is 7.31. The number of rotatable bonds is 7. The maximum Gasteiger partial charge on any atom is 0.122 e. The zero-order valence-corrected chi connectivity index (χ0v) is 11.7. The molecule has 0 aliphatic carbocycles. The summed E-state index contributed by atoms with van der Waals surface area (Å²) in [5, 5.41) is 3.54. The van der Waals surface area contributed by atoms with Crippen molar-refractivity contribution in [1.82, 2.24) is 14.9 Å². The average molecular weight is 271 g/mol. The van der Waals surface area contributed by atoms with Crippen molar-refractivity contribution in [3.05, 3.63) is 48.5 Å². The number of nitrogens with zero attached hydrogens (tertiary/aromatic N) is 2. The van der Waals surface area contributed by atoms with Crippen LogP contribution >= 0.6 is 0 Å². The van der Waals surface area contributed by atoms with E-state index in [1.54, 1.807) is 0 Å². The lowest BCUT2D eigenvalue weighted by atomic mass is 10.0. The second-order valence-electron chi connectivity index (χ2n) is 5.26. The average Bonchev–Trinajstić information content (AvgIpc) is 3.12. The maximum absolute atomic E-state index is 5.69. The summed E-state index contributed by atoms with van der Waals surface area (Å²) in [6.45, 7) is 3.92. The normalized spacial score (nSPS) is 16.9. The van der Waals surface area contributed by atoms with E-state index in [0.717, 1.165) is 32.0 Å². The molecule has 1 aliphatic rings. The lowest BCUT2D eigenvalue weighted by Crippen LogP contribution is -2.23. The molecule has 0 radical (unpaired) electrons. The summed E-state index contributed by atoms with van der Waals surface area (Å²) < 4.78 is 7.81. The van der Waals surface area contributed by atoms with Crippen LogP contribution in [0.3, 0.4) is 0 Å². The van der Waals surface area contributed by atoms with Crippen molar-refractivity contribution >= 4 is 0 Å². The van der Waals surface area contributed by atoms with E-state index < -0.39 is 0 Å². The van der Waals surface area contributed by atoms with Crippen LogP contribution in [0.2, 0.25) is 0 Å². The van der Waals surface area contributed by atoms with Crippen molar-refractivity contribution in [2.24, 2.45) is 0 Å². The van der Waals surface area contributed by atoms with Gasteiger partial charge in [-0.3, -0.25) is 0 Å².